The van der Waals surface area contributed by atoms with Gasteiger partial charge in [0.15, 0.2) is 28.8 Å². The summed E-state index contributed by atoms with van der Waals surface area (Å²) in [4.78, 5) is 84.0. The number of esters is 3. The van der Waals surface area contributed by atoms with Gasteiger partial charge in [0.2, 0.25) is 23.0 Å². The Kier molecular flexibility index (Phi) is 25.7. The minimum Gasteiger partial charge on any atom is -0.465 e. The van der Waals surface area contributed by atoms with Crippen molar-refractivity contribution in [2.24, 2.45) is 21.1 Å². The van der Waals surface area contributed by atoms with Gasteiger partial charge in [0, 0.05) is 29.9 Å². The predicted octanol–water partition coefficient (Wildman–Crippen LogP) is 20.0. The van der Waals surface area contributed by atoms with Crippen LogP contribution < -0.4 is 39.5 Å². The molecule has 638 valence electrons. The van der Waals surface area contributed by atoms with Crippen molar-refractivity contribution in [1.29, 1.82) is 0 Å². The minimum absolute atomic E-state index is 0.0625. The molecule has 15 rings (SSSR count). The highest BCUT2D eigenvalue weighted by Gasteiger charge is 2.34. The first kappa shape index (κ1) is 85.4. The number of ether oxygens (including phenoxy) is 9. The lowest BCUT2D eigenvalue weighted by atomic mass is 10.0. The normalized spacial score (nSPS) is 11.7. The highest BCUT2D eigenvalue weighted by atomic mass is 19.1. The van der Waals surface area contributed by atoms with Crippen LogP contribution in [-0.2, 0) is 49.6 Å². The van der Waals surface area contributed by atoms with E-state index in [4.69, 9.17) is 53.1 Å². The summed E-state index contributed by atoms with van der Waals surface area (Å²) >= 11 is 0. The number of nitrogens with zero attached hydrogens (tertiary/aromatic N) is 10. The molecule has 3 atom stereocenters. The van der Waals surface area contributed by atoms with Gasteiger partial charge in [0.1, 0.15) is 77.8 Å². The Hall–Kier alpha value is -16.5. The summed E-state index contributed by atoms with van der Waals surface area (Å²) < 4.78 is 90.2. The molecule has 0 saturated carbocycles. The van der Waals surface area contributed by atoms with E-state index in [1.54, 1.807) is 179 Å². The van der Waals surface area contributed by atoms with Crippen molar-refractivity contribution in [3.05, 3.63) is 324 Å². The van der Waals surface area contributed by atoms with E-state index in [2.05, 4.69) is 31.2 Å². The number of para-hydroxylation sites is 2. The van der Waals surface area contributed by atoms with Crippen molar-refractivity contribution in [2.75, 3.05) is 36.3 Å². The molecular formula is C97H83F2N13O15+2. The van der Waals surface area contributed by atoms with Crippen LogP contribution in [0.3, 0.4) is 0 Å². The third-order valence-electron chi connectivity index (χ3n) is 20.6. The maximum Gasteiger partial charge on any atom is 0.415 e. The number of aryl methyl sites for hydroxylation is 3. The molecule has 127 heavy (non-hydrogen) atoms. The molecule has 0 bridgehead atoms. The molecule has 15 aromatic rings. The maximum atomic E-state index is 15.7. The predicted molar refractivity (Wildman–Crippen MR) is 466 cm³/mol. The van der Waals surface area contributed by atoms with E-state index in [1.807, 2.05) is 140 Å². The van der Waals surface area contributed by atoms with Gasteiger partial charge < -0.3 is 42.6 Å². The smallest absolute Gasteiger partial charge is 0.415 e. The largest absolute Gasteiger partial charge is 0.465 e. The van der Waals surface area contributed by atoms with E-state index < -0.39 is 71.9 Å². The number of amides is 3. The fraction of sp³-hybridized carbons (Fsp3) is 0.144. The third-order valence-corrected chi connectivity index (χ3v) is 20.6. The lowest BCUT2D eigenvalue weighted by Crippen LogP contribution is -2.36. The molecule has 4 aromatic heterocycles. The number of aromatic nitrogens is 10. The molecule has 3 amide bonds. The zero-order valence-corrected chi connectivity index (χ0v) is 70.1. The molecule has 28 nitrogen and oxygen atoms in total. The van der Waals surface area contributed by atoms with Crippen LogP contribution in [0.5, 0.6) is 34.6 Å². The number of hydrogen-bond donors (Lipinski definition) is 3. The first-order valence-electron chi connectivity index (χ1n) is 40.2. The summed E-state index contributed by atoms with van der Waals surface area (Å²) in [5.74, 6) is -2.50. The quantitative estimate of drug-likeness (QED) is 0.0233. The molecule has 0 aliphatic carbocycles. The SMILES string of the molecule is CCOC(=O)c1ccccc1Oc1ccc(-c2ccc(-c3c(NC(=O)OC(C)c4ccc(-[n+]5nn(C)c(NC(=O)OC(C)c6ccccc6)c5-c5ccc(-c6ccc(Oc7ccccc7C(=O)OC)cc6)cc5)cc4)n(C)n[n+]3-c3ccc(C(C)OC(=O)Nc4c(-c5ccc(-c6cc(F)c(Oc7ncccc7C(=O)OCC)c(F)c6)cc5)nnn4C)cc3)cc2)cc1. The summed E-state index contributed by atoms with van der Waals surface area (Å²) in [5, 5.41) is 27.0. The third kappa shape index (κ3) is 19.4. The molecule has 0 fully saturated rings. The Bertz CT molecular complexity index is 6530. The molecule has 0 aliphatic heterocycles. The van der Waals surface area contributed by atoms with Crippen LogP contribution in [0.4, 0.5) is 40.6 Å². The number of hydrogen-bond acceptors (Lipinski definition) is 20. The number of carbonyl (C=O) groups is 6. The average molecular weight is 1710 g/mol. The minimum atomic E-state index is -1.05. The van der Waals surface area contributed by atoms with Crippen molar-refractivity contribution in [3.63, 3.8) is 0 Å². The van der Waals surface area contributed by atoms with Crippen molar-refractivity contribution in [3.8, 4) is 113 Å². The number of methoxy groups -OCH3 is 1. The Morgan fingerprint density at radius 3 is 1.20 bits per heavy atom. The molecule has 0 saturated heterocycles. The molecule has 0 spiro atoms. The summed E-state index contributed by atoms with van der Waals surface area (Å²) in [6, 6.07) is 79.3. The van der Waals surface area contributed by atoms with Gasteiger partial charge in [0.25, 0.3) is 11.6 Å². The Morgan fingerprint density at radius 2 is 0.764 bits per heavy atom. The second-order valence-electron chi connectivity index (χ2n) is 28.9. The second-order valence-corrected chi connectivity index (χ2v) is 28.9. The van der Waals surface area contributed by atoms with Crippen molar-refractivity contribution in [1.82, 2.24) is 39.8 Å². The van der Waals surface area contributed by atoms with Crippen molar-refractivity contribution in [2.45, 2.75) is 52.9 Å². The molecule has 3 unspecified atom stereocenters. The second kappa shape index (κ2) is 38.3. The van der Waals surface area contributed by atoms with Crippen LogP contribution in [0.15, 0.2) is 279 Å². The molecule has 11 aromatic carbocycles. The topological polar surface area (TPSA) is 309 Å². The number of rotatable bonds is 28. The van der Waals surface area contributed by atoms with Crippen LogP contribution >= 0.6 is 0 Å². The van der Waals surface area contributed by atoms with Gasteiger partial charge in [-0.1, -0.05) is 166 Å². The van der Waals surface area contributed by atoms with Crippen LogP contribution in [-0.4, -0.2) is 96.3 Å². The number of nitrogens with one attached hydrogen (secondary N) is 3. The zero-order chi connectivity index (χ0) is 88.9. The van der Waals surface area contributed by atoms with Crippen LogP contribution in [0.25, 0.3) is 78.5 Å². The molecule has 0 radical (unpaired) electrons. The standard InChI is InChI=1S/C97H81F2N13O15/c1-10-120-93(114)78-23-16-18-26-83(78)126-76-53-45-67(46-54-76)65-31-37-71(38-32-65)86-90(110(8)107-112(86)73-47-39-62(40-48-73)59(4)123-95(116)101-88-84(104-105-108(88)6)69-33-27-68(28-34-69)72-56-80(98)87(81(99)57-72)127-91-79(24-19-55-100-91)94(115)121-11-2)103-97(118)124-60(5)63-41-49-74(50-42-63)111-85(89(109(7)106-111)102-96(117)122-58(3)61-20-13-12-14-21-61)70-35-29-64(30-36-70)66-43-51-75(52-44-66)125-82-25-17-15-22-77(82)92(113)119-9/h12-60H,10-11H2,1-9H3,(H-2,101,102,103,105,106,107,116,117,118)/p+2. The molecule has 4 heterocycles. The van der Waals surface area contributed by atoms with Gasteiger partial charge in [-0.25, -0.2) is 47.2 Å². The van der Waals surface area contributed by atoms with Gasteiger partial charge in [-0.3, -0.25) is 16.0 Å². The van der Waals surface area contributed by atoms with E-state index in [0.29, 0.717) is 96.1 Å². The lowest BCUT2D eigenvalue weighted by molar-refractivity contribution is -0.651. The highest BCUT2D eigenvalue weighted by Crippen LogP contribution is 2.39. The molecule has 30 heteroatoms. The summed E-state index contributed by atoms with van der Waals surface area (Å²) in [6.07, 6.45) is -3.26. The fourth-order valence-electron chi connectivity index (χ4n) is 14.0. The van der Waals surface area contributed by atoms with Crippen molar-refractivity contribution < 1.29 is 89.5 Å². The van der Waals surface area contributed by atoms with E-state index in [-0.39, 0.29) is 47.6 Å². The van der Waals surface area contributed by atoms with Crippen molar-refractivity contribution >= 4 is 53.6 Å². The average Bonchev–Trinajstić information content (AvgIpc) is 1.61. The highest BCUT2D eigenvalue weighted by molar-refractivity contribution is 5.95. The fourth-order valence-corrected chi connectivity index (χ4v) is 14.0. The first-order chi connectivity index (χ1) is 61.6. The first-order valence-corrected chi connectivity index (χ1v) is 40.2. The van der Waals surface area contributed by atoms with Crippen LogP contribution in [0, 0.1) is 11.6 Å². The summed E-state index contributed by atoms with van der Waals surface area (Å²) in [5.41, 5.74) is 10.8. The van der Waals surface area contributed by atoms with Gasteiger partial charge >= 0.3 is 36.2 Å². The maximum absolute atomic E-state index is 15.7. The molecule has 0 aliphatic rings. The lowest BCUT2D eigenvalue weighted by Gasteiger charge is -2.15. The molecular weight excluding hydrogens is 1630 g/mol. The van der Waals surface area contributed by atoms with Gasteiger partial charge in [-0.05, 0) is 206 Å². The Balaban J connectivity index is 0.659. The summed E-state index contributed by atoms with van der Waals surface area (Å²) in [7, 11) is 6.29. The number of carbonyl (C=O) groups excluding carboxylic acids is 6. The van der Waals surface area contributed by atoms with Crippen LogP contribution in [0.2, 0.25) is 0 Å². The van der Waals surface area contributed by atoms with Crippen LogP contribution in [0.1, 0.15) is 101 Å². The van der Waals surface area contributed by atoms with E-state index in [0.717, 1.165) is 39.9 Å². The Morgan fingerprint density at radius 1 is 0.394 bits per heavy atom. The monoisotopic (exact) mass is 1710 g/mol. The van der Waals surface area contributed by atoms with Gasteiger partial charge in [-0.15, -0.1) is 14.5 Å². The van der Waals surface area contributed by atoms with E-state index in [9.17, 15) is 28.8 Å². The Labute approximate surface area is 727 Å². The number of halogens is 2. The van der Waals surface area contributed by atoms with E-state index in [1.165, 1.54) is 34.8 Å². The molecule has 3 N–H and O–H groups in total. The zero-order valence-electron chi connectivity index (χ0n) is 70.1. The number of anilines is 3. The van der Waals surface area contributed by atoms with Gasteiger partial charge in [0.05, 0.1) is 30.8 Å². The summed E-state index contributed by atoms with van der Waals surface area (Å²) in [6.45, 7) is 8.86. The van der Waals surface area contributed by atoms with E-state index >= 15 is 8.78 Å². The van der Waals surface area contributed by atoms with Gasteiger partial charge in [-0.2, -0.15) is 0 Å². The number of benzene rings is 11. The number of pyridine rings is 1.